The molecule has 2 aromatic rings. The maximum atomic E-state index is 12.6. The van der Waals surface area contributed by atoms with Crippen LogP contribution in [-0.4, -0.2) is 27.3 Å². The van der Waals surface area contributed by atoms with Gasteiger partial charge in [-0.05, 0) is 26.0 Å². The first-order valence-corrected chi connectivity index (χ1v) is 6.35. The van der Waals surface area contributed by atoms with Crippen LogP contribution in [0.3, 0.4) is 0 Å². The molecule has 0 saturated carbocycles. The Morgan fingerprint density at radius 1 is 1.50 bits per heavy atom. The van der Waals surface area contributed by atoms with Crippen LogP contribution in [0.5, 0.6) is 5.75 Å². The summed E-state index contributed by atoms with van der Waals surface area (Å²) in [6.07, 6.45) is 0. The van der Waals surface area contributed by atoms with E-state index in [1.165, 1.54) is 4.68 Å². The quantitative estimate of drug-likeness (QED) is 0.892. The summed E-state index contributed by atoms with van der Waals surface area (Å²) in [5.74, 6) is -0.124. The fraction of sp³-hybridized carbons (Fsp3) is 0.286. The Morgan fingerprint density at radius 2 is 2.20 bits per heavy atom. The van der Waals surface area contributed by atoms with Gasteiger partial charge in [0.1, 0.15) is 11.4 Å². The number of aromatic hydroxyl groups is 1. The molecule has 1 heterocycles. The largest absolute Gasteiger partial charge is 0.508 e. The van der Waals surface area contributed by atoms with Gasteiger partial charge in [-0.1, -0.05) is 6.07 Å². The molecule has 0 unspecified atom stereocenters. The Kier molecular flexibility index (Phi) is 3.65. The minimum atomic E-state index is -0.237. The maximum Gasteiger partial charge on any atom is 0.278 e. The van der Waals surface area contributed by atoms with Gasteiger partial charge in [0.25, 0.3) is 5.91 Å². The third-order valence-electron chi connectivity index (χ3n) is 3.17. The van der Waals surface area contributed by atoms with E-state index in [2.05, 4.69) is 5.10 Å². The van der Waals surface area contributed by atoms with Gasteiger partial charge in [-0.25, -0.2) is 0 Å². The van der Waals surface area contributed by atoms with Crippen molar-refractivity contribution >= 4 is 17.3 Å². The Hall–Kier alpha value is -2.50. The van der Waals surface area contributed by atoms with Crippen LogP contribution >= 0.6 is 0 Å². The number of nitrogen functional groups attached to an aromatic ring is 1. The standard InChI is InChI=1S/C14H18N4O2/c1-4-18(10-6-5-7-11(19)8-10)14(20)13-12(15)9(2)16-17(13)3/h5-8,19H,4,15H2,1-3H3. The average Bonchev–Trinajstić information content (AvgIpc) is 2.64. The molecule has 0 spiro atoms. The number of rotatable bonds is 3. The van der Waals surface area contributed by atoms with Crippen molar-refractivity contribution in [1.29, 1.82) is 0 Å². The van der Waals surface area contributed by atoms with E-state index >= 15 is 0 Å². The second kappa shape index (κ2) is 5.24. The first kappa shape index (κ1) is 13.9. The number of phenolic OH excluding ortho intramolecular Hbond substituents is 1. The summed E-state index contributed by atoms with van der Waals surface area (Å²) in [6.45, 7) is 4.09. The van der Waals surface area contributed by atoms with Crippen LogP contribution in [0.2, 0.25) is 0 Å². The van der Waals surface area contributed by atoms with Gasteiger partial charge in [0, 0.05) is 25.3 Å². The van der Waals surface area contributed by atoms with Gasteiger partial charge in [0.15, 0.2) is 0 Å². The van der Waals surface area contributed by atoms with Gasteiger partial charge in [-0.2, -0.15) is 5.10 Å². The molecule has 0 fully saturated rings. The fourth-order valence-corrected chi connectivity index (χ4v) is 2.16. The number of aryl methyl sites for hydroxylation is 2. The van der Waals surface area contributed by atoms with Crippen LogP contribution in [-0.2, 0) is 7.05 Å². The van der Waals surface area contributed by atoms with Crippen molar-refractivity contribution in [2.45, 2.75) is 13.8 Å². The third kappa shape index (κ3) is 2.32. The summed E-state index contributed by atoms with van der Waals surface area (Å²) in [5.41, 5.74) is 7.91. The van der Waals surface area contributed by atoms with E-state index in [1.54, 1.807) is 43.1 Å². The van der Waals surface area contributed by atoms with Crippen molar-refractivity contribution in [1.82, 2.24) is 9.78 Å². The molecule has 20 heavy (non-hydrogen) atoms. The molecule has 1 amide bonds. The molecule has 0 aliphatic carbocycles. The number of aromatic nitrogens is 2. The van der Waals surface area contributed by atoms with Crippen molar-refractivity contribution in [2.75, 3.05) is 17.2 Å². The van der Waals surface area contributed by atoms with Gasteiger partial charge in [-0.3, -0.25) is 9.48 Å². The van der Waals surface area contributed by atoms with Crippen LogP contribution in [0.4, 0.5) is 11.4 Å². The van der Waals surface area contributed by atoms with Gasteiger partial charge in [-0.15, -0.1) is 0 Å². The minimum Gasteiger partial charge on any atom is -0.508 e. The molecule has 0 aliphatic heterocycles. The smallest absolute Gasteiger partial charge is 0.278 e. The van der Waals surface area contributed by atoms with Crippen molar-refractivity contribution in [3.05, 3.63) is 35.7 Å². The number of benzene rings is 1. The van der Waals surface area contributed by atoms with Crippen LogP contribution in [0, 0.1) is 6.92 Å². The van der Waals surface area contributed by atoms with Crippen LogP contribution in [0.1, 0.15) is 23.1 Å². The highest BCUT2D eigenvalue weighted by atomic mass is 16.3. The molecule has 106 valence electrons. The lowest BCUT2D eigenvalue weighted by molar-refractivity contribution is 0.0980. The number of hydrogen-bond acceptors (Lipinski definition) is 4. The highest BCUT2D eigenvalue weighted by molar-refractivity contribution is 6.08. The SMILES string of the molecule is CCN(C(=O)c1c(N)c(C)nn1C)c1cccc(O)c1. The van der Waals surface area contributed by atoms with Gasteiger partial charge in [0.2, 0.25) is 0 Å². The maximum absolute atomic E-state index is 12.6. The van der Waals surface area contributed by atoms with Crippen molar-refractivity contribution in [3.8, 4) is 5.75 Å². The average molecular weight is 274 g/mol. The molecule has 6 heteroatoms. The number of carbonyl (C=O) groups is 1. The fourth-order valence-electron chi connectivity index (χ4n) is 2.16. The second-order valence-electron chi connectivity index (χ2n) is 4.54. The molecular formula is C14H18N4O2. The number of nitrogens with two attached hydrogens (primary N) is 1. The van der Waals surface area contributed by atoms with Gasteiger partial charge in [0.05, 0.1) is 11.4 Å². The molecule has 3 N–H and O–H groups in total. The molecule has 0 radical (unpaired) electrons. The zero-order valence-corrected chi connectivity index (χ0v) is 11.8. The number of carbonyl (C=O) groups excluding carboxylic acids is 1. The summed E-state index contributed by atoms with van der Waals surface area (Å²) in [4.78, 5) is 14.2. The van der Waals surface area contributed by atoms with E-state index < -0.39 is 0 Å². The minimum absolute atomic E-state index is 0.114. The molecular weight excluding hydrogens is 256 g/mol. The molecule has 2 rings (SSSR count). The number of amides is 1. The molecule has 0 aliphatic rings. The monoisotopic (exact) mass is 274 g/mol. The zero-order chi connectivity index (χ0) is 14.9. The lowest BCUT2D eigenvalue weighted by Gasteiger charge is -2.21. The van der Waals surface area contributed by atoms with E-state index in [-0.39, 0.29) is 11.7 Å². The highest BCUT2D eigenvalue weighted by Gasteiger charge is 2.23. The van der Waals surface area contributed by atoms with Gasteiger partial charge < -0.3 is 15.7 Å². The first-order chi connectivity index (χ1) is 9.45. The van der Waals surface area contributed by atoms with Crippen molar-refractivity contribution < 1.29 is 9.90 Å². The Balaban J connectivity index is 2.44. The van der Waals surface area contributed by atoms with E-state index in [4.69, 9.17) is 5.73 Å². The highest BCUT2D eigenvalue weighted by Crippen LogP contribution is 2.24. The third-order valence-corrected chi connectivity index (χ3v) is 3.17. The van der Waals surface area contributed by atoms with Crippen LogP contribution < -0.4 is 10.6 Å². The van der Waals surface area contributed by atoms with E-state index in [0.29, 0.717) is 29.3 Å². The molecule has 1 aromatic carbocycles. The van der Waals surface area contributed by atoms with Crippen molar-refractivity contribution in [2.24, 2.45) is 7.05 Å². The Bertz CT molecular complexity index is 649. The predicted molar refractivity (Wildman–Crippen MR) is 77.8 cm³/mol. The van der Waals surface area contributed by atoms with Crippen molar-refractivity contribution in [3.63, 3.8) is 0 Å². The topological polar surface area (TPSA) is 84.4 Å². The Labute approximate surface area is 117 Å². The summed E-state index contributed by atoms with van der Waals surface area (Å²) >= 11 is 0. The number of nitrogens with zero attached hydrogens (tertiary/aromatic N) is 3. The zero-order valence-electron chi connectivity index (χ0n) is 11.8. The van der Waals surface area contributed by atoms with Crippen LogP contribution in [0.25, 0.3) is 0 Å². The summed E-state index contributed by atoms with van der Waals surface area (Å²) in [5, 5.41) is 13.7. The molecule has 1 aromatic heterocycles. The molecule has 0 bridgehead atoms. The lowest BCUT2D eigenvalue weighted by Crippen LogP contribution is -2.32. The number of phenols is 1. The molecule has 6 nitrogen and oxygen atoms in total. The lowest BCUT2D eigenvalue weighted by atomic mass is 10.2. The van der Waals surface area contributed by atoms with E-state index in [9.17, 15) is 9.90 Å². The summed E-state index contributed by atoms with van der Waals surface area (Å²) in [7, 11) is 1.69. The van der Waals surface area contributed by atoms with E-state index in [1.807, 2.05) is 6.92 Å². The first-order valence-electron chi connectivity index (χ1n) is 6.35. The van der Waals surface area contributed by atoms with Crippen LogP contribution in [0.15, 0.2) is 24.3 Å². The molecule has 0 atom stereocenters. The second-order valence-corrected chi connectivity index (χ2v) is 4.54. The number of anilines is 2. The predicted octanol–water partition coefficient (Wildman–Crippen LogP) is 1.68. The van der Waals surface area contributed by atoms with E-state index in [0.717, 1.165) is 0 Å². The summed E-state index contributed by atoms with van der Waals surface area (Å²) in [6, 6.07) is 6.56. The Morgan fingerprint density at radius 3 is 2.70 bits per heavy atom. The molecule has 0 saturated heterocycles. The normalized spacial score (nSPS) is 10.6. The number of hydrogen-bond donors (Lipinski definition) is 2. The van der Waals surface area contributed by atoms with Gasteiger partial charge >= 0.3 is 0 Å². The summed E-state index contributed by atoms with van der Waals surface area (Å²) < 4.78 is 1.48.